The number of azo groups is 2. The number of carboxylic acid groups (broad SMARTS) is 1. The van der Waals surface area contributed by atoms with Crippen molar-refractivity contribution in [2.24, 2.45) is 20.5 Å². The number of fused-ring (bicyclic) bond motifs is 2. The summed E-state index contributed by atoms with van der Waals surface area (Å²) in [5.74, 6) is -0.614. The topological polar surface area (TPSA) is 267 Å². The van der Waals surface area contributed by atoms with E-state index >= 15 is 0 Å². The Morgan fingerprint density at radius 1 is 0.780 bits per heavy atom. The van der Waals surface area contributed by atoms with Crippen molar-refractivity contribution in [3.8, 4) is 33.9 Å². The molecule has 0 spiro atoms. The molecule has 5 aromatic carbocycles. The van der Waals surface area contributed by atoms with Crippen LogP contribution in [-0.4, -0.2) is 131 Å². The molecule has 2 heterocycles. The number of ether oxygens (including phenoxy) is 2. The van der Waals surface area contributed by atoms with Crippen LogP contribution < -0.4 is 39.8 Å². The molecule has 82 heavy (non-hydrogen) atoms. The fourth-order valence-corrected chi connectivity index (χ4v) is 10.1. The van der Waals surface area contributed by atoms with Crippen LogP contribution in [0.15, 0.2) is 140 Å². The minimum absolute atomic E-state index is 0.0149. The lowest BCUT2D eigenvalue weighted by Crippen LogP contribution is -2.35. The second kappa shape index (κ2) is 26.6. The number of amides is 4. The van der Waals surface area contributed by atoms with Gasteiger partial charge in [-0.15, -0.1) is 22.0 Å². The summed E-state index contributed by atoms with van der Waals surface area (Å²) in [4.78, 5) is 81.1. The van der Waals surface area contributed by atoms with Crippen LogP contribution in [-0.2, 0) is 14.4 Å². The molecule has 2 aliphatic heterocycles. The summed E-state index contributed by atoms with van der Waals surface area (Å²) < 4.78 is 19.4. The minimum atomic E-state index is -1.15. The number of non-ortho nitro benzene ring substituents is 1. The van der Waals surface area contributed by atoms with Crippen LogP contribution in [0.25, 0.3) is 33.4 Å². The highest BCUT2D eigenvalue weighted by Gasteiger charge is 2.38. The van der Waals surface area contributed by atoms with E-state index in [4.69, 9.17) is 13.9 Å². The molecule has 22 nitrogen and oxygen atoms in total. The number of carbonyl (C=O) groups excluding carboxylic acids is 4. The fourth-order valence-electron chi connectivity index (χ4n) is 9.10. The monoisotopic (exact) mass is 1130 g/mol. The number of hydrogen-bond donors (Lipinski definition) is 3. The SMILES string of the molecule is COc1cc(/N=N/c2ccc([N+](=O)[O-])cc2)c(OC)cc1/N=N/c1ccc(N(C)CCCC(=O)NCCSC2CC(=O)N(CCCNC(=O)c3ccc(C(=O)O)c(-c4c5ccc(=[N+](C)C)cc-5oc5cc(N(C)C)ccc45)c3)C2=O)cc1. The molecule has 3 N–H and O–H groups in total. The van der Waals surface area contributed by atoms with E-state index in [2.05, 4.69) is 31.1 Å². The number of imide groups is 1. The highest BCUT2D eigenvalue weighted by atomic mass is 32.2. The van der Waals surface area contributed by atoms with Crippen molar-refractivity contribution in [2.45, 2.75) is 30.9 Å². The molecule has 5 aromatic rings. The lowest BCUT2D eigenvalue weighted by Gasteiger charge is -2.19. The maximum Gasteiger partial charge on any atom is 0.336 e. The Morgan fingerprint density at radius 3 is 2.06 bits per heavy atom. The lowest BCUT2D eigenvalue weighted by atomic mass is 9.89. The summed E-state index contributed by atoms with van der Waals surface area (Å²) in [6, 6.07) is 32.2. The molecule has 8 rings (SSSR count). The third-order valence-corrected chi connectivity index (χ3v) is 14.8. The molecule has 0 radical (unpaired) electrons. The quantitative estimate of drug-likeness (QED) is 0.00967. The van der Waals surface area contributed by atoms with E-state index in [1.165, 1.54) is 67.3 Å². The van der Waals surface area contributed by atoms with E-state index in [0.717, 1.165) is 16.7 Å². The van der Waals surface area contributed by atoms with Gasteiger partial charge in [-0.2, -0.15) is 10.2 Å². The smallest absolute Gasteiger partial charge is 0.336 e. The number of hydrogen-bond acceptors (Lipinski definition) is 17. The third-order valence-electron chi connectivity index (χ3n) is 13.6. The summed E-state index contributed by atoms with van der Waals surface area (Å²) in [7, 11) is 12.6. The van der Waals surface area contributed by atoms with Crippen molar-refractivity contribution in [1.82, 2.24) is 20.1 Å². The Kier molecular flexibility index (Phi) is 19.0. The van der Waals surface area contributed by atoms with Gasteiger partial charge in [0.25, 0.3) is 11.6 Å². The Labute approximate surface area is 476 Å². The molecule has 1 aliphatic carbocycles. The van der Waals surface area contributed by atoms with E-state index in [0.29, 0.717) is 99.4 Å². The number of likely N-dealkylation sites (tertiary alicyclic amines) is 1. The molecule has 23 heteroatoms. The van der Waals surface area contributed by atoms with Crippen LogP contribution >= 0.6 is 11.8 Å². The van der Waals surface area contributed by atoms with Gasteiger partial charge in [0.1, 0.15) is 48.3 Å². The maximum absolute atomic E-state index is 13.6. The number of anilines is 2. The van der Waals surface area contributed by atoms with Gasteiger partial charge in [-0.25, -0.2) is 9.37 Å². The first kappa shape index (κ1) is 58.6. The number of benzene rings is 6. The summed E-state index contributed by atoms with van der Waals surface area (Å²) in [5.41, 5.74) is 5.91. The predicted molar refractivity (Wildman–Crippen MR) is 314 cm³/mol. The van der Waals surface area contributed by atoms with E-state index < -0.39 is 22.0 Å². The number of nitrogens with one attached hydrogen (secondary N) is 2. The molecule has 1 saturated heterocycles. The van der Waals surface area contributed by atoms with Gasteiger partial charge in [0.2, 0.25) is 23.1 Å². The van der Waals surface area contributed by atoms with Crippen LogP contribution in [0.1, 0.15) is 46.4 Å². The largest absolute Gasteiger partial charge is 0.494 e. The second-order valence-corrected chi connectivity index (χ2v) is 20.8. The van der Waals surface area contributed by atoms with Crippen LogP contribution in [0.2, 0.25) is 0 Å². The number of nitrogens with zero attached hydrogens (tertiary/aromatic N) is 9. The molecule has 1 atom stereocenters. The number of nitro benzene ring substituents is 1. The number of aromatic carboxylic acids is 1. The van der Waals surface area contributed by atoms with Gasteiger partial charge in [-0.1, -0.05) is 0 Å². The number of carbonyl (C=O) groups is 5. The van der Waals surface area contributed by atoms with Crippen molar-refractivity contribution in [3.05, 3.63) is 142 Å². The molecular formula is C59H62N11O11S+. The Bertz CT molecular complexity index is 3660. The van der Waals surface area contributed by atoms with Crippen molar-refractivity contribution in [2.75, 3.05) is 91.2 Å². The van der Waals surface area contributed by atoms with Gasteiger partial charge in [-0.05, 0) is 91.2 Å². The average molecular weight is 1130 g/mol. The molecule has 0 bridgehead atoms. The first-order chi connectivity index (χ1) is 39.4. The number of carboxylic acids is 1. The summed E-state index contributed by atoms with van der Waals surface area (Å²) in [6.07, 6.45) is 1.22. The Hall–Kier alpha value is -9.51. The van der Waals surface area contributed by atoms with Crippen LogP contribution in [0.5, 0.6) is 11.5 Å². The van der Waals surface area contributed by atoms with Crippen LogP contribution in [0.3, 0.4) is 0 Å². The van der Waals surface area contributed by atoms with Gasteiger partial charge in [0.05, 0.1) is 47.4 Å². The van der Waals surface area contributed by atoms with Gasteiger partial charge < -0.3 is 39.4 Å². The summed E-state index contributed by atoms with van der Waals surface area (Å²) in [5, 5.41) is 45.3. The standard InChI is InChI=1S/C59H61N11O11S/c1-66(2)41-20-23-44-49(31-41)81-50-32-42(67(3)4)21-24-45(50)56(44)46-30-36(11-22-43(46)59(75)76)57(73)61-25-9-28-69-55(72)35-53(58(69)74)82-29-26-60-54(71)10-8-27-68(5)39-16-12-37(13-17-39)62-64-47-33-52(80-7)48(34-51(47)79-6)65-63-38-14-18-40(19-15-38)70(77)78/h11-24,30-34,53H,8-10,25-29,35H2,1-7H3,(H2-,60,61,71,73,75,76)/p+1/b64-62+,65-63+. The average Bonchev–Trinajstić information content (AvgIpc) is 3.91. The van der Waals surface area contributed by atoms with Gasteiger partial charge in [0, 0.05) is 136 Å². The first-order valence-corrected chi connectivity index (χ1v) is 27.2. The van der Waals surface area contributed by atoms with Crippen LogP contribution in [0.4, 0.5) is 39.8 Å². The minimum Gasteiger partial charge on any atom is -0.494 e. The molecule has 0 aromatic heterocycles. The zero-order valence-corrected chi connectivity index (χ0v) is 47.2. The number of methoxy groups -OCH3 is 2. The summed E-state index contributed by atoms with van der Waals surface area (Å²) >= 11 is 1.32. The molecule has 4 amide bonds. The van der Waals surface area contributed by atoms with Gasteiger partial charge in [-0.3, -0.25) is 34.2 Å². The molecule has 1 unspecified atom stereocenters. The summed E-state index contributed by atoms with van der Waals surface area (Å²) in [6.45, 7) is 1.19. The molecule has 1 fully saturated rings. The van der Waals surface area contributed by atoms with Crippen molar-refractivity contribution in [3.63, 3.8) is 0 Å². The second-order valence-electron chi connectivity index (χ2n) is 19.5. The normalized spacial score (nSPS) is 13.3. The molecule has 3 aliphatic rings. The highest BCUT2D eigenvalue weighted by Crippen LogP contribution is 2.43. The van der Waals surface area contributed by atoms with Crippen molar-refractivity contribution in [1.29, 1.82) is 0 Å². The van der Waals surface area contributed by atoms with Crippen molar-refractivity contribution < 1.29 is 47.9 Å². The molecular weight excluding hydrogens is 1070 g/mol. The van der Waals surface area contributed by atoms with E-state index in [1.54, 1.807) is 18.2 Å². The van der Waals surface area contributed by atoms with E-state index in [9.17, 15) is 39.2 Å². The van der Waals surface area contributed by atoms with Gasteiger partial charge >= 0.3 is 5.97 Å². The zero-order chi connectivity index (χ0) is 58.6. The predicted octanol–water partition coefficient (Wildman–Crippen LogP) is 9.77. The van der Waals surface area contributed by atoms with Crippen molar-refractivity contribution >= 4 is 92.1 Å². The van der Waals surface area contributed by atoms with E-state index in [-0.39, 0.29) is 60.5 Å². The fraction of sp³-hybridized carbons (Fsp3) is 0.288. The van der Waals surface area contributed by atoms with Gasteiger partial charge in [0.15, 0.2) is 0 Å². The highest BCUT2D eigenvalue weighted by molar-refractivity contribution is 8.00. The lowest BCUT2D eigenvalue weighted by molar-refractivity contribution is -0.384. The molecule has 0 saturated carbocycles. The zero-order valence-electron chi connectivity index (χ0n) is 46.4. The Morgan fingerprint density at radius 2 is 1.44 bits per heavy atom. The van der Waals surface area contributed by atoms with Crippen LogP contribution in [0, 0.1) is 10.1 Å². The number of nitro groups is 1. The third kappa shape index (κ3) is 14.1. The Balaban J connectivity index is 0.765. The maximum atomic E-state index is 13.6. The number of thioether (sulfide) groups is 1. The van der Waals surface area contributed by atoms with E-state index in [1.807, 2.05) is 110 Å². The number of rotatable bonds is 24. The first-order valence-electron chi connectivity index (χ1n) is 26.1. The molecule has 424 valence electrons.